The minimum Gasteiger partial charge on any atom is -0.379 e. The van der Waals surface area contributed by atoms with Gasteiger partial charge in [-0.05, 0) is 54.6 Å². The number of nitrogens with zero attached hydrogens (tertiary/aromatic N) is 1. The van der Waals surface area contributed by atoms with Crippen LogP contribution < -0.4 is 10.0 Å². The number of morpholine rings is 1. The number of benzene rings is 2. The Balaban J connectivity index is 1.53. The maximum absolute atomic E-state index is 13.0. The second kappa shape index (κ2) is 10.4. The quantitative estimate of drug-likeness (QED) is 0.436. The third kappa shape index (κ3) is 5.97. The fourth-order valence-corrected chi connectivity index (χ4v) is 7.42. The first-order chi connectivity index (χ1) is 16.6. The maximum Gasteiger partial charge on any atom is 0.271 e. The van der Waals surface area contributed by atoms with E-state index in [0.717, 1.165) is 11.3 Å². The molecule has 35 heavy (non-hydrogen) atoms. The summed E-state index contributed by atoms with van der Waals surface area (Å²) >= 11 is 12.8. The van der Waals surface area contributed by atoms with Crippen LogP contribution in [0.2, 0.25) is 9.36 Å². The topological polar surface area (TPSA) is 122 Å². The van der Waals surface area contributed by atoms with E-state index in [1.54, 1.807) is 0 Å². The highest BCUT2D eigenvalue weighted by molar-refractivity contribution is 7.94. The average molecular weight is 577 g/mol. The summed E-state index contributed by atoms with van der Waals surface area (Å²) in [6, 6.07) is 12.7. The van der Waals surface area contributed by atoms with Gasteiger partial charge in [0.25, 0.3) is 15.9 Å². The van der Waals surface area contributed by atoms with Crippen LogP contribution in [0.15, 0.2) is 63.7 Å². The Labute approximate surface area is 216 Å². The Morgan fingerprint density at radius 2 is 1.63 bits per heavy atom. The van der Waals surface area contributed by atoms with E-state index in [1.165, 1.54) is 58.9 Å². The molecule has 3 aromatic rings. The number of carbonyl (C=O) groups excluding carboxylic acids is 1. The summed E-state index contributed by atoms with van der Waals surface area (Å²) in [6.07, 6.45) is 0. The lowest BCUT2D eigenvalue weighted by Gasteiger charge is -2.26. The van der Waals surface area contributed by atoms with Crippen LogP contribution in [0.5, 0.6) is 0 Å². The van der Waals surface area contributed by atoms with E-state index in [4.69, 9.17) is 27.9 Å². The molecule has 2 aromatic carbocycles. The lowest BCUT2D eigenvalue weighted by molar-refractivity contribution is 0.0730. The normalized spacial score (nSPS) is 15.0. The first-order valence-electron chi connectivity index (χ1n) is 10.1. The number of carbonyl (C=O) groups is 1. The van der Waals surface area contributed by atoms with Crippen molar-refractivity contribution in [3.63, 3.8) is 0 Å². The van der Waals surface area contributed by atoms with Crippen molar-refractivity contribution < 1.29 is 26.4 Å². The van der Waals surface area contributed by atoms with Gasteiger partial charge in [-0.3, -0.25) is 9.52 Å². The van der Waals surface area contributed by atoms with Crippen molar-refractivity contribution in [3.8, 4) is 0 Å². The van der Waals surface area contributed by atoms with E-state index in [1.807, 2.05) is 0 Å². The third-order valence-electron chi connectivity index (χ3n) is 5.00. The Bertz CT molecular complexity index is 1450. The molecular weight excluding hydrogens is 557 g/mol. The number of hydrogen-bond acceptors (Lipinski definition) is 7. The van der Waals surface area contributed by atoms with Crippen LogP contribution in [0.1, 0.15) is 10.4 Å². The van der Waals surface area contributed by atoms with Crippen LogP contribution in [0, 0.1) is 0 Å². The molecule has 14 heteroatoms. The van der Waals surface area contributed by atoms with Crippen molar-refractivity contribution in [2.24, 2.45) is 0 Å². The molecule has 1 aliphatic rings. The van der Waals surface area contributed by atoms with Gasteiger partial charge in [-0.2, -0.15) is 4.31 Å². The largest absolute Gasteiger partial charge is 0.379 e. The van der Waals surface area contributed by atoms with Crippen LogP contribution in [-0.4, -0.2) is 53.4 Å². The van der Waals surface area contributed by atoms with Crippen LogP contribution in [0.3, 0.4) is 0 Å². The summed E-state index contributed by atoms with van der Waals surface area (Å²) in [5.74, 6) is -0.641. The fraction of sp³-hybridized carbons (Fsp3) is 0.190. The van der Waals surface area contributed by atoms with Gasteiger partial charge < -0.3 is 10.1 Å². The molecule has 0 aliphatic carbocycles. The number of amides is 1. The number of ether oxygens (including phenoxy) is 1. The van der Waals surface area contributed by atoms with Crippen LogP contribution >= 0.6 is 34.5 Å². The zero-order valence-electron chi connectivity index (χ0n) is 17.9. The standard InChI is InChI=1S/C21H19Cl2N3O6S3/c22-14-1-6-18(25-34(28,29)20-8-7-19(23)33-20)17(13-14)21(27)24-15-2-4-16(5-3-15)35(30,31)26-9-11-32-12-10-26/h1-8,13,25H,9-12H2,(H,24,27). The smallest absolute Gasteiger partial charge is 0.271 e. The molecule has 4 rings (SSSR count). The van der Waals surface area contributed by atoms with Gasteiger partial charge in [0.1, 0.15) is 4.21 Å². The first-order valence-corrected chi connectivity index (χ1v) is 14.6. The fourth-order valence-electron chi connectivity index (χ4n) is 3.28. The van der Waals surface area contributed by atoms with Crippen LogP contribution in [-0.2, 0) is 24.8 Å². The first kappa shape index (κ1) is 25.9. The lowest BCUT2D eigenvalue weighted by Crippen LogP contribution is -2.40. The molecule has 1 fully saturated rings. The summed E-state index contributed by atoms with van der Waals surface area (Å²) in [7, 11) is -7.66. The van der Waals surface area contributed by atoms with E-state index < -0.39 is 26.0 Å². The zero-order chi connectivity index (χ0) is 25.2. The maximum atomic E-state index is 13.0. The number of rotatable bonds is 7. The van der Waals surface area contributed by atoms with E-state index in [0.29, 0.717) is 23.2 Å². The summed E-state index contributed by atoms with van der Waals surface area (Å²) in [4.78, 5) is 13.1. The Hall–Kier alpha value is -2.19. The number of thiophene rings is 1. The third-order valence-corrected chi connectivity index (χ3v) is 10.2. The van der Waals surface area contributed by atoms with Gasteiger partial charge in [0, 0.05) is 23.8 Å². The molecule has 1 aromatic heterocycles. The van der Waals surface area contributed by atoms with Crippen molar-refractivity contribution in [3.05, 3.63) is 69.5 Å². The van der Waals surface area contributed by atoms with Crippen molar-refractivity contribution in [2.45, 2.75) is 9.10 Å². The van der Waals surface area contributed by atoms with E-state index in [9.17, 15) is 21.6 Å². The van der Waals surface area contributed by atoms with Crippen molar-refractivity contribution >= 4 is 71.9 Å². The molecule has 1 aliphatic heterocycles. The highest BCUT2D eigenvalue weighted by Gasteiger charge is 2.26. The van der Waals surface area contributed by atoms with Crippen LogP contribution in [0.4, 0.5) is 11.4 Å². The van der Waals surface area contributed by atoms with Gasteiger partial charge in [-0.15, -0.1) is 11.3 Å². The van der Waals surface area contributed by atoms with Crippen molar-refractivity contribution in [1.29, 1.82) is 0 Å². The predicted molar refractivity (Wildman–Crippen MR) is 136 cm³/mol. The Morgan fingerprint density at radius 3 is 2.26 bits per heavy atom. The summed E-state index contributed by atoms with van der Waals surface area (Å²) < 4.78 is 60.2. The average Bonchev–Trinajstić information content (AvgIpc) is 3.28. The second-order valence-electron chi connectivity index (χ2n) is 7.35. The van der Waals surface area contributed by atoms with Crippen molar-refractivity contribution in [1.82, 2.24) is 4.31 Å². The van der Waals surface area contributed by atoms with Gasteiger partial charge >= 0.3 is 0 Å². The molecule has 2 heterocycles. The predicted octanol–water partition coefficient (Wildman–Crippen LogP) is 4.13. The van der Waals surface area contributed by atoms with Gasteiger partial charge in [-0.1, -0.05) is 23.2 Å². The SMILES string of the molecule is O=C(Nc1ccc(S(=O)(=O)N2CCOCC2)cc1)c1cc(Cl)ccc1NS(=O)(=O)c1ccc(Cl)s1. The van der Waals surface area contributed by atoms with Gasteiger partial charge in [0.05, 0.1) is 33.7 Å². The summed E-state index contributed by atoms with van der Waals surface area (Å²) in [5.41, 5.74) is 0.312. The molecule has 0 spiro atoms. The zero-order valence-corrected chi connectivity index (χ0v) is 21.9. The van der Waals surface area contributed by atoms with Crippen LogP contribution in [0.25, 0.3) is 0 Å². The summed E-state index contributed by atoms with van der Waals surface area (Å²) in [6.45, 7) is 1.20. The van der Waals surface area contributed by atoms with Crippen molar-refractivity contribution in [2.75, 3.05) is 36.3 Å². The molecule has 0 atom stereocenters. The molecule has 186 valence electrons. The number of hydrogen-bond donors (Lipinski definition) is 2. The molecule has 9 nitrogen and oxygen atoms in total. The summed E-state index contributed by atoms with van der Waals surface area (Å²) in [5, 5.41) is 2.86. The number of anilines is 2. The minimum absolute atomic E-state index is 0.0131. The number of nitrogens with one attached hydrogen (secondary N) is 2. The highest BCUT2D eigenvalue weighted by atomic mass is 35.5. The Morgan fingerprint density at radius 1 is 0.943 bits per heavy atom. The number of sulfonamides is 2. The molecule has 0 saturated carbocycles. The van der Waals surface area contributed by atoms with Gasteiger partial charge in [0.2, 0.25) is 10.0 Å². The molecule has 2 N–H and O–H groups in total. The molecule has 0 unspecified atom stereocenters. The highest BCUT2D eigenvalue weighted by Crippen LogP contribution is 2.30. The molecule has 1 amide bonds. The molecule has 1 saturated heterocycles. The monoisotopic (exact) mass is 575 g/mol. The molecular formula is C21H19Cl2N3O6S3. The molecule has 0 radical (unpaired) electrons. The molecule has 0 bridgehead atoms. The van der Waals surface area contributed by atoms with Gasteiger partial charge in [-0.25, -0.2) is 16.8 Å². The second-order valence-corrected chi connectivity index (χ2v) is 13.3. The minimum atomic E-state index is -3.99. The lowest BCUT2D eigenvalue weighted by atomic mass is 10.1. The van der Waals surface area contributed by atoms with E-state index >= 15 is 0 Å². The van der Waals surface area contributed by atoms with E-state index in [2.05, 4.69) is 10.0 Å². The number of halogens is 2. The van der Waals surface area contributed by atoms with Gasteiger partial charge in [0.15, 0.2) is 0 Å². The van der Waals surface area contributed by atoms with E-state index in [-0.39, 0.29) is 38.5 Å². The Kier molecular flexibility index (Phi) is 7.71.